The van der Waals surface area contributed by atoms with Gasteiger partial charge in [0.2, 0.25) is 5.91 Å². The minimum absolute atomic E-state index is 0.147. The van der Waals surface area contributed by atoms with E-state index in [0.29, 0.717) is 18.3 Å². The Balaban J connectivity index is 1.88. The van der Waals surface area contributed by atoms with E-state index in [1.807, 2.05) is 12.1 Å². The molecule has 0 saturated heterocycles. The zero-order valence-electron chi connectivity index (χ0n) is 14.9. The van der Waals surface area contributed by atoms with Crippen LogP contribution in [0.25, 0.3) is 11.0 Å². The summed E-state index contributed by atoms with van der Waals surface area (Å²) < 4.78 is 10.6. The van der Waals surface area contributed by atoms with Crippen molar-refractivity contribution in [1.82, 2.24) is 15.8 Å². The zero-order chi connectivity index (χ0) is 18.2. The Morgan fingerprint density at radius 1 is 1.40 bits per heavy atom. The number of hydrogen-bond donors (Lipinski definition) is 2. The number of aryl methyl sites for hydroxylation is 1. The number of furan rings is 1. The van der Waals surface area contributed by atoms with Crippen LogP contribution in [0.5, 0.6) is 0 Å². The van der Waals surface area contributed by atoms with Gasteiger partial charge in [0, 0.05) is 38.3 Å². The van der Waals surface area contributed by atoms with E-state index < -0.39 is 0 Å². The summed E-state index contributed by atoms with van der Waals surface area (Å²) in [5.74, 6) is -0.147. The molecule has 0 fully saturated rings. The van der Waals surface area contributed by atoms with Crippen molar-refractivity contribution in [3.05, 3.63) is 35.6 Å². The predicted octanol–water partition coefficient (Wildman–Crippen LogP) is 2.41. The van der Waals surface area contributed by atoms with Gasteiger partial charge in [0.1, 0.15) is 5.58 Å². The van der Waals surface area contributed by atoms with Crippen LogP contribution in [0, 0.1) is 0 Å². The van der Waals surface area contributed by atoms with E-state index in [-0.39, 0.29) is 12.3 Å². The zero-order valence-corrected chi connectivity index (χ0v) is 15.7. The van der Waals surface area contributed by atoms with Crippen molar-refractivity contribution in [2.24, 2.45) is 0 Å². The summed E-state index contributed by atoms with van der Waals surface area (Å²) in [7, 11) is 3.37. The lowest BCUT2D eigenvalue weighted by molar-refractivity contribution is -0.123. The van der Waals surface area contributed by atoms with Crippen LogP contribution in [-0.4, -0.2) is 43.3 Å². The number of nitrogens with one attached hydrogen (secondary N) is 2. The molecule has 2 rings (SSSR count). The van der Waals surface area contributed by atoms with E-state index in [9.17, 15) is 4.79 Å². The molecule has 0 bridgehead atoms. The summed E-state index contributed by atoms with van der Waals surface area (Å²) >= 11 is 5.24. The molecule has 0 atom stereocenters. The SMILES string of the molecule is CCc1ccc2c(CC(=O)NN(C)C(=S)NCCCOC)coc2c1. The summed E-state index contributed by atoms with van der Waals surface area (Å²) in [4.78, 5) is 12.3. The second kappa shape index (κ2) is 9.39. The number of benzene rings is 1. The average Bonchev–Trinajstić information content (AvgIpc) is 3.00. The Morgan fingerprint density at radius 2 is 2.20 bits per heavy atom. The number of hydrazine groups is 1. The van der Waals surface area contributed by atoms with Crippen LogP contribution in [0.15, 0.2) is 28.9 Å². The highest BCUT2D eigenvalue weighted by Gasteiger charge is 2.13. The molecular weight excluding hydrogens is 338 g/mol. The van der Waals surface area contributed by atoms with Crippen LogP contribution in [0.4, 0.5) is 0 Å². The molecule has 2 aromatic rings. The number of methoxy groups -OCH3 is 1. The molecule has 0 radical (unpaired) electrons. The third kappa shape index (κ3) is 5.44. The highest BCUT2D eigenvalue weighted by atomic mass is 32.1. The fraction of sp³-hybridized carbons (Fsp3) is 0.444. The second-order valence-corrected chi connectivity index (χ2v) is 6.18. The lowest BCUT2D eigenvalue weighted by Gasteiger charge is -2.21. The lowest BCUT2D eigenvalue weighted by atomic mass is 10.1. The summed E-state index contributed by atoms with van der Waals surface area (Å²) in [6, 6.07) is 6.08. The van der Waals surface area contributed by atoms with E-state index in [1.165, 1.54) is 10.6 Å². The van der Waals surface area contributed by atoms with E-state index in [4.69, 9.17) is 21.4 Å². The third-order valence-corrected chi connectivity index (χ3v) is 4.30. The van der Waals surface area contributed by atoms with Crippen LogP contribution in [-0.2, 0) is 22.4 Å². The monoisotopic (exact) mass is 363 g/mol. The average molecular weight is 363 g/mol. The number of thiocarbonyl (C=S) groups is 1. The molecule has 0 aliphatic carbocycles. The number of ether oxygens (including phenoxy) is 1. The van der Waals surface area contributed by atoms with E-state index in [1.54, 1.807) is 20.4 Å². The highest BCUT2D eigenvalue weighted by Crippen LogP contribution is 2.23. The molecule has 25 heavy (non-hydrogen) atoms. The number of rotatable bonds is 7. The van der Waals surface area contributed by atoms with Crippen LogP contribution in [0.3, 0.4) is 0 Å². The van der Waals surface area contributed by atoms with Gasteiger partial charge < -0.3 is 14.5 Å². The molecular formula is C18H25N3O3S. The van der Waals surface area contributed by atoms with E-state index in [2.05, 4.69) is 23.7 Å². The fourth-order valence-corrected chi connectivity index (χ4v) is 2.61. The van der Waals surface area contributed by atoms with Crippen LogP contribution >= 0.6 is 12.2 Å². The van der Waals surface area contributed by atoms with Gasteiger partial charge in [0.05, 0.1) is 12.7 Å². The Kier molecular flexibility index (Phi) is 7.21. The first-order valence-electron chi connectivity index (χ1n) is 8.34. The summed E-state index contributed by atoms with van der Waals surface area (Å²) in [5, 5.41) is 6.02. The lowest BCUT2D eigenvalue weighted by Crippen LogP contribution is -2.48. The second-order valence-electron chi connectivity index (χ2n) is 5.79. The van der Waals surface area contributed by atoms with Crippen LogP contribution in [0.2, 0.25) is 0 Å². The van der Waals surface area contributed by atoms with Gasteiger partial charge in [-0.15, -0.1) is 0 Å². The van der Waals surface area contributed by atoms with Gasteiger partial charge in [-0.2, -0.15) is 0 Å². The molecule has 0 aliphatic heterocycles. The van der Waals surface area contributed by atoms with Crippen LogP contribution < -0.4 is 10.7 Å². The summed E-state index contributed by atoms with van der Waals surface area (Å²) in [6.45, 7) is 3.46. The predicted molar refractivity (Wildman–Crippen MR) is 102 cm³/mol. The van der Waals surface area contributed by atoms with Crippen molar-refractivity contribution in [3.8, 4) is 0 Å². The van der Waals surface area contributed by atoms with Crippen molar-refractivity contribution in [2.75, 3.05) is 27.3 Å². The molecule has 1 aromatic carbocycles. The van der Waals surface area contributed by atoms with Gasteiger partial charge in [0.15, 0.2) is 5.11 Å². The maximum absolute atomic E-state index is 12.3. The van der Waals surface area contributed by atoms with E-state index in [0.717, 1.165) is 29.4 Å². The molecule has 2 N–H and O–H groups in total. The molecule has 0 aliphatic rings. The number of fused-ring (bicyclic) bond motifs is 1. The Labute approximate surface area is 153 Å². The molecule has 0 unspecified atom stereocenters. The van der Waals surface area contributed by atoms with Crippen LogP contribution in [0.1, 0.15) is 24.5 Å². The molecule has 1 heterocycles. The molecule has 6 nitrogen and oxygen atoms in total. The first-order chi connectivity index (χ1) is 12.0. The minimum Gasteiger partial charge on any atom is -0.464 e. The number of carbonyl (C=O) groups excluding carboxylic acids is 1. The first-order valence-corrected chi connectivity index (χ1v) is 8.75. The van der Waals surface area contributed by atoms with Crippen molar-refractivity contribution in [1.29, 1.82) is 0 Å². The largest absolute Gasteiger partial charge is 0.464 e. The van der Waals surface area contributed by atoms with Gasteiger partial charge >= 0.3 is 0 Å². The Bertz CT molecular complexity index is 729. The van der Waals surface area contributed by atoms with Gasteiger partial charge in [-0.1, -0.05) is 19.1 Å². The molecule has 0 saturated carbocycles. The fourth-order valence-electron chi connectivity index (χ4n) is 2.47. The standard InChI is InChI=1S/C18H25N3O3S/c1-4-13-6-7-15-14(12-24-16(15)10-13)11-17(22)20-21(2)18(25)19-8-5-9-23-3/h6-7,10,12H,4-5,8-9,11H2,1-3H3,(H,19,25)(H,20,22). The normalized spacial score (nSPS) is 10.7. The topological polar surface area (TPSA) is 66.7 Å². The van der Waals surface area contributed by atoms with Gasteiger partial charge in [-0.05, 0) is 36.7 Å². The Hall–Kier alpha value is -2.12. The third-order valence-electron chi connectivity index (χ3n) is 3.88. The van der Waals surface area contributed by atoms with Crippen molar-refractivity contribution < 1.29 is 13.9 Å². The molecule has 0 spiro atoms. The van der Waals surface area contributed by atoms with Crippen molar-refractivity contribution >= 4 is 34.2 Å². The maximum Gasteiger partial charge on any atom is 0.243 e. The van der Waals surface area contributed by atoms with Gasteiger partial charge in [-0.25, -0.2) is 0 Å². The molecule has 1 aromatic heterocycles. The quantitative estimate of drug-likeness (QED) is 0.447. The summed E-state index contributed by atoms with van der Waals surface area (Å²) in [5.41, 5.74) is 5.65. The number of nitrogens with zero attached hydrogens (tertiary/aromatic N) is 1. The van der Waals surface area contributed by atoms with Gasteiger partial charge in [-0.3, -0.25) is 15.2 Å². The summed E-state index contributed by atoms with van der Waals surface area (Å²) in [6.07, 6.45) is 3.67. The number of carbonyl (C=O) groups is 1. The molecule has 7 heteroatoms. The molecule has 136 valence electrons. The Morgan fingerprint density at radius 3 is 2.92 bits per heavy atom. The number of amides is 1. The smallest absolute Gasteiger partial charge is 0.243 e. The first kappa shape index (κ1) is 19.2. The van der Waals surface area contributed by atoms with E-state index >= 15 is 0 Å². The van der Waals surface area contributed by atoms with Gasteiger partial charge in [0.25, 0.3) is 0 Å². The van der Waals surface area contributed by atoms with Crippen molar-refractivity contribution in [3.63, 3.8) is 0 Å². The molecule has 1 amide bonds. The highest BCUT2D eigenvalue weighted by molar-refractivity contribution is 7.80. The maximum atomic E-state index is 12.3. The minimum atomic E-state index is -0.147. The number of hydrogen-bond acceptors (Lipinski definition) is 4. The van der Waals surface area contributed by atoms with Crippen molar-refractivity contribution in [2.45, 2.75) is 26.2 Å².